The van der Waals surface area contributed by atoms with Crippen LogP contribution in [0, 0.1) is 34.5 Å². The van der Waals surface area contributed by atoms with Crippen molar-refractivity contribution in [2.24, 2.45) is 34.5 Å². The summed E-state index contributed by atoms with van der Waals surface area (Å²) in [5.74, 6) is 3.85. The highest BCUT2D eigenvalue weighted by atomic mass is 16.3. The maximum Gasteiger partial charge on any atom is 0.0543 e. The Morgan fingerprint density at radius 2 is 1.70 bits per heavy atom. The van der Waals surface area contributed by atoms with E-state index in [1.165, 1.54) is 51.4 Å². The summed E-state index contributed by atoms with van der Waals surface area (Å²) in [5, 5.41) is 10.0. The first-order valence-electron chi connectivity index (χ1n) is 9.21. The van der Waals surface area contributed by atoms with Crippen molar-refractivity contribution in [2.45, 2.75) is 84.2 Å². The Morgan fingerprint density at radius 1 is 0.850 bits per heavy atom. The van der Waals surface area contributed by atoms with Gasteiger partial charge in [-0.3, -0.25) is 0 Å². The fourth-order valence-electron chi connectivity index (χ4n) is 7.23. The van der Waals surface area contributed by atoms with Crippen molar-refractivity contribution in [3.63, 3.8) is 0 Å². The van der Waals surface area contributed by atoms with Gasteiger partial charge >= 0.3 is 0 Å². The molecule has 0 heterocycles. The molecule has 0 bridgehead atoms. The molecule has 4 aliphatic carbocycles. The van der Waals surface area contributed by atoms with Crippen molar-refractivity contribution in [3.05, 3.63) is 0 Å². The first-order chi connectivity index (χ1) is 9.53. The summed E-state index contributed by atoms with van der Waals surface area (Å²) in [6, 6.07) is 0. The summed E-state index contributed by atoms with van der Waals surface area (Å²) in [6.45, 7) is 5.19. The first-order valence-corrected chi connectivity index (χ1v) is 9.21. The average molecular weight is 276 g/mol. The van der Waals surface area contributed by atoms with Gasteiger partial charge in [0, 0.05) is 0 Å². The van der Waals surface area contributed by atoms with Crippen LogP contribution in [0.3, 0.4) is 0 Å². The van der Waals surface area contributed by atoms with E-state index in [0.29, 0.717) is 10.8 Å². The van der Waals surface area contributed by atoms with Crippen molar-refractivity contribution >= 4 is 0 Å². The zero-order valence-corrected chi connectivity index (χ0v) is 13.4. The van der Waals surface area contributed by atoms with Crippen molar-refractivity contribution in [2.75, 3.05) is 0 Å². The smallest absolute Gasteiger partial charge is 0.0543 e. The Hall–Kier alpha value is -0.0400. The van der Waals surface area contributed by atoms with Crippen LogP contribution in [0.4, 0.5) is 0 Å². The molecule has 4 rings (SSSR count). The van der Waals surface area contributed by atoms with Crippen LogP contribution in [0.5, 0.6) is 0 Å². The molecule has 0 aromatic heterocycles. The van der Waals surface area contributed by atoms with Crippen LogP contribution in [-0.4, -0.2) is 11.2 Å². The van der Waals surface area contributed by atoms with Gasteiger partial charge in [0.1, 0.15) is 0 Å². The summed E-state index contributed by atoms with van der Waals surface area (Å²) in [7, 11) is 0. The predicted molar refractivity (Wildman–Crippen MR) is 82.4 cm³/mol. The highest BCUT2D eigenvalue weighted by Gasteiger charge is 2.57. The van der Waals surface area contributed by atoms with Gasteiger partial charge in [-0.1, -0.05) is 20.3 Å². The molecule has 20 heavy (non-hydrogen) atoms. The molecular formula is C19H32O. The van der Waals surface area contributed by atoms with E-state index in [2.05, 4.69) is 13.8 Å². The summed E-state index contributed by atoms with van der Waals surface area (Å²) < 4.78 is 0. The molecule has 0 spiro atoms. The second-order valence-corrected chi connectivity index (χ2v) is 9.17. The molecule has 1 nitrogen and oxygen atoms in total. The summed E-state index contributed by atoms with van der Waals surface area (Å²) >= 11 is 0. The molecule has 0 radical (unpaired) electrons. The standard InChI is InChI=1S/C19H32O/c1-18-9-3-4-16(18)15-6-5-13-12-14(20)7-11-19(13,2)17(15)8-10-18/h13-17,20H,3-12H2,1-2H3/t13-,14?,15+,16-,17+,18+,19+/m1/s1. The molecule has 0 aliphatic heterocycles. The number of hydrogen-bond acceptors (Lipinski definition) is 1. The minimum atomic E-state index is 0.00459. The number of fused-ring (bicyclic) bond motifs is 5. The highest BCUT2D eigenvalue weighted by Crippen LogP contribution is 2.66. The predicted octanol–water partition coefficient (Wildman–Crippen LogP) is 4.78. The quantitative estimate of drug-likeness (QED) is 0.675. The monoisotopic (exact) mass is 276 g/mol. The lowest BCUT2D eigenvalue weighted by Gasteiger charge is -2.60. The zero-order valence-electron chi connectivity index (χ0n) is 13.4. The van der Waals surface area contributed by atoms with E-state index in [1.807, 2.05) is 0 Å². The van der Waals surface area contributed by atoms with Crippen LogP contribution >= 0.6 is 0 Å². The molecule has 0 aromatic carbocycles. The minimum Gasteiger partial charge on any atom is -0.393 e. The Morgan fingerprint density at radius 3 is 2.55 bits per heavy atom. The third-order valence-corrected chi connectivity index (χ3v) is 8.42. The van der Waals surface area contributed by atoms with Crippen LogP contribution in [-0.2, 0) is 0 Å². The van der Waals surface area contributed by atoms with Crippen LogP contribution in [0.25, 0.3) is 0 Å². The molecule has 1 unspecified atom stereocenters. The molecule has 0 aromatic rings. The summed E-state index contributed by atoms with van der Waals surface area (Å²) in [5.41, 5.74) is 1.25. The summed E-state index contributed by atoms with van der Waals surface area (Å²) in [6.07, 6.45) is 13.8. The molecule has 7 atom stereocenters. The van der Waals surface area contributed by atoms with Crippen molar-refractivity contribution in [3.8, 4) is 0 Å². The second-order valence-electron chi connectivity index (χ2n) is 9.17. The van der Waals surface area contributed by atoms with Gasteiger partial charge in [-0.15, -0.1) is 0 Å². The maximum atomic E-state index is 10.0. The van der Waals surface area contributed by atoms with Gasteiger partial charge in [-0.2, -0.15) is 0 Å². The number of rotatable bonds is 0. The van der Waals surface area contributed by atoms with Gasteiger partial charge in [0.15, 0.2) is 0 Å². The van der Waals surface area contributed by atoms with Gasteiger partial charge in [0.2, 0.25) is 0 Å². The number of aliphatic hydroxyl groups is 1. The molecular weight excluding hydrogens is 244 g/mol. The minimum absolute atomic E-state index is 0.00459. The van der Waals surface area contributed by atoms with E-state index in [9.17, 15) is 5.11 Å². The first kappa shape index (κ1) is 13.6. The SMILES string of the molecule is C[C@@]12CCC[C@@H]1[C@@H]1CC[C@@H]3CC(O)CC[C@]3(C)[C@H]1CC2. The molecule has 4 fully saturated rings. The molecule has 4 saturated carbocycles. The second kappa shape index (κ2) is 4.48. The van der Waals surface area contributed by atoms with Gasteiger partial charge in [-0.05, 0) is 92.3 Å². The topological polar surface area (TPSA) is 20.2 Å². The largest absolute Gasteiger partial charge is 0.393 e. The van der Waals surface area contributed by atoms with E-state index in [4.69, 9.17) is 0 Å². The highest BCUT2D eigenvalue weighted by molar-refractivity contribution is 5.07. The summed E-state index contributed by atoms with van der Waals surface area (Å²) in [4.78, 5) is 0. The number of aliphatic hydroxyl groups excluding tert-OH is 1. The third kappa shape index (κ3) is 1.77. The van der Waals surface area contributed by atoms with Gasteiger partial charge < -0.3 is 5.11 Å². The Kier molecular flexibility index (Phi) is 3.05. The van der Waals surface area contributed by atoms with Crippen LogP contribution in [0.2, 0.25) is 0 Å². The van der Waals surface area contributed by atoms with Crippen LogP contribution < -0.4 is 0 Å². The maximum absolute atomic E-state index is 10.0. The lowest BCUT2D eigenvalue weighted by Crippen LogP contribution is -2.53. The molecule has 1 N–H and O–H groups in total. The Balaban J connectivity index is 1.62. The normalized spacial score (nSPS) is 58.6. The fourth-order valence-corrected chi connectivity index (χ4v) is 7.23. The van der Waals surface area contributed by atoms with E-state index >= 15 is 0 Å². The molecule has 1 heteroatoms. The van der Waals surface area contributed by atoms with E-state index in [0.717, 1.165) is 36.5 Å². The number of hydrogen-bond donors (Lipinski definition) is 1. The molecule has 0 saturated heterocycles. The lowest BCUT2D eigenvalue weighted by atomic mass is 9.45. The Bertz CT molecular complexity index is 391. The van der Waals surface area contributed by atoms with Crippen molar-refractivity contribution in [1.29, 1.82) is 0 Å². The van der Waals surface area contributed by atoms with E-state index < -0.39 is 0 Å². The average Bonchev–Trinajstić information content (AvgIpc) is 2.81. The van der Waals surface area contributed by atoms with Gasteiger partial charge in [0.05, 0.1) is 6.10 Å². The lowest BCUT2D eigenvalue weighted by molar-refractivity contribution is -0.120. The van der Waals surface area contributed by atoms with E-state index in [-0.39, 0.29) is 6.10 Å². The zero-order chi connectivity index (χ0) is 14.0. The fraction of sp³-hybridized carbons (Fsp3) is 1.00. The Labute approximate surface area is 124 Å². The van der Waals surface area contributed by atoms with Crippen LogP contribution in [0.1, 0.15) is 78.1 Å². The van der Waals surface area contributed by atoms with Gasteiger partial charge in [-0.25, -0.2) is 0 Å². The molecule has 0 amide bonds. The van der Waals surface area contributed by atoms with Crippen molar-refractivity contribution in [1.82, 2.24) is 0 Å². The van der Waals surface area contributed by atoms with Crippen LogP contribution in [0.15, 0.2) is 0 Å². The molecule has 114 valence electrons. The molecule has 4 aliphatic rings. The van der Waals surface area contributed by atoms with Crippen molar-refractivity contribution < 1.29 is 5.11 Å². The third-order valence-electron chi connectivity index (χ3n) is 8.42. The van der Waals surface area contributed by atoms with E-state index in [1.54, 1.807) is 0 Å². The van der Waals surface area contributed by atoms with Gasteiger partial charge in [0.25, 0.3) is 0 Å².